The zero-order valence-electron chi connectivity index (χ0n) is 11.4. The summed E-state index contributed by atoms with van der Waals surface area (Å²) in [5.41, 5.74) is 1.25. The Morgan fingerprint density at radius 1 is 1.16 bits per heavy atom. The standard InChI is InChI=1S/C15H21NO3/c1-17-12-2-3-13-14(6-9-19-15(13)10-12)16-11-4-7-18-8-5-11/h2-3,10-11,14,16H,4-9H2,1H3/t14-/m1/s1. The van der Waals surface area contributed by atoms with Crippen molar-refractivity contribution in [3.63, 3.8) is 0 Å². The number of benzene rings is 1. The molecule has 0 amide bonds. The van der Waals surface area contributed by atoms with Crippen molar-refractivity contribution in [2.24, 2.45) is 0 Å². The van der Waals surface area contributed by atoms with Crippen LogP contribution < -0.4 is 14.8 Å². The molecule has 1 N–H and O–H groups in total. The van der Waals surface area contributed by atoms with E-state index in [2.05, 4.69) is 11.4 Å². The normalized spacial score (nSPS) is 23.5. The van der Waals surface area contributed by atoms with E-state index in [4.69, 9.17) is 14.2 Å². The highest BCUT2D eigenvalue weighted by Gasteiger charge is 2.25. The van der Waals surface area contributed by atoms with Crippen LogP contribution in [-0.4, -0.2) is 33.0 Å². The van der Waals surface area contributed by atoms with Gasteiger partial charge >= 0.3 is 0 Å². The first kappa shape index (κ1) is 12.8. The van der Waals surface area contributed by atoms with Crippen molar-refractivity contribution in [2.45, 2.75) is 31.3 Å². The number of hydrogen-bond donors (Lipinski definition) is 1. The summed E-state index contributed by atoms with van der Waals surface area (Å²) in [4.78, 5) is 0. The van der Waals surface area contributed by atoms with Crippen LogP contribution in [-0.2, 0) is 4.74 Å². The van der Waals surface area contributed by atoms with Gasteiger partial charge in [0.25, 0.3) is 0 Å². The predicted molar refractivity (Wildman–Crippen MR) is 72.8 cm³/mol. The van der Waals surface area contributed by atoms with Crippen LogP contribution in [0.15, 0.2) is 18.2 Å². The minimum atomic E-state index is 0.387. The van der Waals surface area contributed by atoms with Crippen LogP contribution in [0.5, 0.6) is 11.5 Å². The highest BCUT2D eigenvalue weighted by molar-refractivity contribution is 5.43. The van der Waals surface area contributed by atoms with E-state index in [0.29, 0.717) is 12.1 Å². The molecule has 1 aromatic rings. The van der Waals surface area contributed by atoms with Gasteiger partial charge in [-0.15, -0.1) is 0 Å². The second-order valence-corrected chi connectivity index (χ2v) is 5.15. The van der Waals surface area contributed by atoms with Crippen molar-refractivity contribution in [1.82, 2.24) is 5.32 Å². The molecule has 2 aliphatic rings. The summed E-state index contributed by atoms with van der Waals surface area (Å²) >= 11 is 0. The maximum atomic E-state index is 5.74. The maximum absolute atomic E-state index is 5.74. The van der Waals surface area contributed by atoms with Crippen molar-refractivity contribution in [3.05, 3.63) is 23.8 Å². The lowest BCUT2D eigenvalue weighted by atomic mass is 9.98. The maximum Gasteiger partial charge on any atom is 0.127 e. The highest BCUT2D eigenvalue weighted by atomic mass is 16.5. The van der Waals surface area contributed by atoms with E-state index >= 15 is 0 Å². The summed E-state index contributed by atoms with van der Waals surface area (Å²) in [6, 6.07) is 7.05. The molecule has 104 valence electrons. The molecule has 4 heteroatoms. The van der Waals surface area contributed by atoms with Gasteiger partial charge in [-0.05, 0) is 18.9 Å². The molecular weight excluding hydrogens is 242 g/mol. The van der Waals surface area contributed by atoms with E-state index in [9.17, 15) is 0 Å². The predicted octanol–water partition coefficient (Wildman–Crippen LogP) is 2.29. The van der Waals surface area contributed by atoms with E-state index in [1.54, 1.807) is 7.11 Å². The van der Waals surface area contributed by atoms with Crippen molar-refractivity contribution < 1.29 is 14.2 Å². The smallest absolute Gasteiger partial charge is 0.127 e. The number of ether oxygens (including phenoxy) is 3. The van der Waals surface area contributed by atoms with Crippen LogP contribution in [0.1, 0.15) is 30.9 Å². The Labute approximate surface area is 114 Å². The summed E-state index contributed by atoms with van der Waals surface area (Å²) in [6.45, 7) is 2.51. The Hall–Kier alpha value is -1.26. The molecule has 2 aliphatic heterocycles. The van der Waals surface area contributed by atoms with Gasteiger partial charge in [-0.3, -0.25) is 0 Å². The largest absolute Gasteiger partial charge is 0.497 e. The average molecular weight is 263 g/mol. The van der Waals surface area contributed by atoms with Crippen LogP contribution in [0.25, 0.3) is 0 Å². The van der Waals surface area contributed by atoms with Crippen LogP contribution in [0, 0.1) is 0 Å². The van der Waals surface area contributed by atoms with Crippen molar-refractivity contribution >= 4 is 0 Å². The monoisotopic (exact) mass is 263 g/mol. The number of fused-ring (bicyclic) bond motifs is 1. The Balaban J connectivity index is 1.74. The molecule has 1 atom stereocenters. The molecule has 0 aliphatic carbocycles. The zero-order chi connectivity index (χ0) is 13.1. The molecule has 1 saturated heterocycles. The molecule has 0 aromatic heterocycles. The lowest BCUT2D eigenvalue weighted by molar-refractivity contribution is 0.0727. The van der Waals surface area contributed by atoms with Crippen molar-refractivity contribution in [2.75, 3.05) is 26.9 Å². The van der Waals surface area contributed by atoms with Crippen LogP contribution in [0.2, 0.25) is 0 Å². The van der Waals surface area contributed by atoms with E-state index in [1.807, 2.05) is 12.1 Å². The lowest BCUT2D eigenvalue weighted by Crippen LogP contribution is -2.39. The fraction of sp³-hybridized carbons (Fsp3) is 0.600. The molecule has 0 radical (unpaired) electrons. The summed E-state index contributed by atoms with van der Waals surface area (Å²) in [5.74, 6) is 1.81. The fourth-order valence-corrected chi connectivity index (χ4v) is 2.82. The van der Waals surface area contributed by atoms with Gasteiger partial charge in [-0.1, -0.05) is 6.07 Å². The minimum absolute atomic E-state index is 0.387. The molecule has 1 aromatic carbocycles. The van der Waals surface area contributed by atoms with Gasteiger partial charge < -0.3 is 19.5 Å². The summed E-state index contributed by atoms with van der Waals surface area (Å²) < 4.78 is 16.4. The second kappa shape index (κ2) is 5.80. The Bertz CT molecular complexity index is 429. The molecule has 1 fully saturated rings. The summed E-state index contributed by atoms with van der Waals surface area (Å²) in [6.07, 6.45) is 3.22. The second-order valence-electron chi connectivity index (χ2n) is 5.15. The Morgan fingerprint density at radius 2 is 2.00 bits per heavy atom. The zero-order valence-corrected chi connectivity index (χ0v) is 11.4. The van der Waals surface area contributed by atoms with E-state index in [-0.39, 0.29) is 0 Å². The molecule has 3 rings (SSSR count). The molecule has 0 saturated carbocycles. The molecule has 2 heterocycles. The molecule has 0 unspecified atom stereocenters. The van der Waals surface area contributed by atoms with E-state index in [1.165, 1.54) is 5.56 Å². The summed E-state index contributed by atoms with van der Waals surface area (Å²) in [7, 11) is 1.68. The molecule has 4 nitrogen and oxygen atoms in total. The van der Waals surface area contributed by atoms with Gasteiger partial charge in [0, 0.05) is 43.3 Å². The quantitative estimate of drug-likeness (QED) is 0.908. The average Bonchev–Trinajstić information content (AvgIpc) is 2.48. The van der Waals surface area contributed by atoms with E-state index < -0.39 is 0 Å². The van der Waals surface area contributed by atoms with Gasteiger partial charge in [-0.2, -0.15) is 0 Å². The van der Waals surface area contributed by atoms with Gasteiger partial charge in [-0.25, -0.2) is 0 Å². The molecule has 0 spiro atoms. The number of nitrogens with one attached hydrogen (secondary N) is 1. The van der Waals surface area contributed by atoms with Crippen molar-refractivity contribution in [3.8, 4) is 11.5 Å². The third kappa shape index (κ3) is 2.85. The number of hydrogen-bond acceptors (Lipinski definition) is 4. The Kier molecular flexibility index (Phi) is 3.89. The summed E-state index contributed by atoms with van der Waals surface area (Å²) in [5, 5.41) is 3.75. The van der Waals surface area contributed by atoms with E-state index in [0.717, 1.165) is 50.6 Å². The van der Waals surface area contributed by atoms with Gasteiger partial charge in [0.05, 0.1) is 13.7 Å². The highest BCUT2D eigenvalue weighted by Crippen LogP contribution is 2.35. The topological polar surface area (TPSA) is 39.7 Å². The van der Waals surface area contributed by atoms with Crippen molar-refractivity contribution in [1.29, 1.82) is 0 Å². The SMILES string of the molecule is COc1ccc2c(c1)OCC[C@H]2NC1CCOCC1. The van der Waals surface area contributed by atoms with Gasteiger partial charge in [0.1, 0.15) is 11.5 Å². The third-order valence-electron chi connectivity index (χ3n) is 3.92. The molecule has 0 bridgehead atoms. The van der Waals surface area contributed by atoms with Crippen LogP contribution in [0.4, 0.5) is 0 Å². The molecule has 19 heavy (non-hydrogen) atoms. The first-order valence-electron chi connectivity index (χ1n) is 7.01. The lowest BCUT2D eigenvalue weighted by Gasteiger charge is -2.32. The van der Waals surface area contributed by atoms with Crippen LogP contribution >= 0.6 is 0 Å². The number of rotatable bonds is 3. The van der Waals surface area contributed by atoms with Gasteiger partial charge in [0.15, 0.2) is 0 Å². The van der Waals surface area contributed by atoms with Gasteiger partial charge in [0.2, 0.25) is 0 Å². The molecular formula is C15H21NO3. The Morgan fingerprint density at radius 3 is 2.79 bits per heavy atom. The number of methoxy groups -OCH3 is 1. The first-order chi connectivity index (χ1) is 9.36. The minimum Gasteiger partial charge on any atom is -0.497 e. The first-order valence-corrected chi connectivity index (χ1v) is 7.01. The fourth-order valence-electron chi connectivity index (χ4n) is 2.82. The third-order valence-corrected chi connectivity index (χ3v) is 3.92. The van der Waals surface area contributed by atoms with Crippen LogP contribution in [0.3, 0.4) is 0 Å².